The van der Waals surface area contributed by atoms with Gasteiger partial charge in [-0.25, -0.2) is 4.79 Å². The lowest BCUT2D eigenvalue weighted by atomic mass is 9.44. The molecule has 2 aliphatic heterocycles. The van der Waals surface area contributed by atoms with Gasteiger partial charge in [-0.2, -0.15) is 0 Å². The molecule has 2 heterocycles. The molecule has 6 heteroatoms. The molecule has 0 aromatic heterocycles. The van der Waals surface area contributed by atoms with Crippen LogP contribution in [-0.2, 0) is 19.1 Å². The summed E-state index contributed by atoms with van der Waals surface area (Å²) >= 11 is 0. The third-order valence-electron chi connectivity index (χ3n) is 11.7. The second-order valence-electron chi connectivity index (χ2n) is 12.8. The summed E-state index contributed by atoms with van der Waals surface area (Å²) in [6.07, 6.45) is 6.96. The monoisotopic (exact) mass is 470 g/mol. The number of aliphatic hydroxyl groups is 2. The maximum Gasteiger partial charge on any atom is 0.334 e. The summed E-state index contributed by atoms with van der Waals surface area (Å²) in [6.45, 7) is 9.96. The van der Waals surface area contributed by atoms with Gasteiger partial charge in [0.2, 0.25) is 0 Å². The van der Waals surface area contributed by atoms with Gasteiger partial charge in [-0.1, -0.05) is 12.5 Å². The molecule has 0 aromatic rings. The van der Waals surface area contributed by atoms with Gasteiger partial charge >= 0.3 is 5.97 Å². The Morgan fingerprint density at radius 3 is 2.56 bits per heavy atom. The number of ketones is 1. The fourth-order valence-corrected chi connectivity index (χ4v) is 9.56. The summed E-state index contributed by atoms with van der Waals surface area (Å²) in [5, 5.41) is 22.7. The number of carbonyl (C=O) groups excluding carboxylic acids is 2. The van der Waals surface area contributed by atoms with Crippen LogP contribution < -0.4 is 0 Å². The number of aliphatic hydroxyl groups excluding tert-OH is 1. The van der Waals surface area contributed by atoms with Crippen LogP contribution in [0.2, 0.25) is 0 Å². The van der Waals surface area contributed by atoms with Gasteiger partial charge in [-0.15, -0.1) is 0 Å². The first-order valence-corrected chi connectivity index (χ1v) is 13.1. The highest BCUT2D eigenvalue weighted by molar-refractivity contribution is 5.98. The molecule has 0 aromatic carbocycles. The number of esters is 1. The van der Waals surface area contributed by atoms with E-state index in [4.69, 9.17) is 9.47 Å². The van der Waals surface area contributed by atoms with Crippen molar-refractivity contribution in [1.29, 1.82) is 0 Å². The Morgan fingerprint density at radius 1 is 1.12 bits per heavy atom. The minimum Gasteiger partial charge on any atom is -0.456 e. The molecule has 0 radical (unpaired) electrons. The number of carbonyl (C=O) groups is 2. The molecule has 4 fully saturated rings. The SMILES string of the molecule is CC1=C(C)C(=O)O[C@@H]([C@](C)(O)C2CCC3[C@@H]4C[C@H]5O[C@]56[C@@H](O)C=CC(=O)[C@]6(C)[C@H]4CC[C@@]32C)C1. The molecule has 2 N–H and O–H groups in total. The summed E-state index contributed by atoms with van der Waals surface area (Å²) in [6, 6.07) is 0. The highest BCUT2D eigenvalue weighted by Gasteiger charge is 2.80. The van der Waals surface area contributed by atoms with Crippen LogP contribution in [-0.4, -0.2) is 51.5 Å². The number of fused-ring (bicyclic) bond motifs is 4. The average molecular weight is 471 g/mol. The number of hydrogen-bond donors (Lipinski definition) is 2. The Balaban J connectivity index is 1.31. The van der Waals surface area contributed by atoms with Crippen LogP contribution in [0.1, 0.15) is 73.1 Å². The average Bonchev–Trinajstić information content (AvgIpc) is 3.40. The topological polar surface area (TPSA) is 96.4 Å². The molecule has 6 aliphatic rings. The van der Waals surface area contributed by atoms with Gasteiger partial charge in [0.05, 0.1) is 11.5 Å². The van der Waals surface area contributed by atoms with Gasteiger partial charge in [0.15, 0.2) is 5.78 Å². The van der Waals surface area contributed by atoms with Crippen LogP contribution in [0.25, 0.3) is 0 Å². The molecular formula is C28H38O6. The molecule has 1 spiro atoms. The van der Waals surface area contributed by atoms with Gasteiger partial charge in [0, 0.05) is 12.0 Å². The second-order valence-corrected chi connectivity index (χ2v) is 12.8. The number of epoxide rings is 1. The predicted molar refractivity (Wildman–Crippen MR) is 125 cm³/mol. The third kappa shape index (κ3) is 2.53. The zero-order valence-corrected chi connectivity index (χ0v) is 21.0. The fraction of sp³-hybridized carbons (Fsp3) is 0.786. The van der Waals surface area contributed by atoms with Gasteiger partial charge in [0.1, 0.15) is 23.4 Å². The van der Waals surface area contributed by atoms with Crippen molar-refractivity contribution in [2.45, 2.75) is 103 Å². The molecule has 1 saturated heterocycles. The largest absolute Gasteiger partial charge is 0.456 e. The van der Waals surface area contributed by atoms with E-state index in [0.29, 0.717) is 23.8 Å². The standard InChI is InChI=1S/C28H38O6/c1-14-12-22(33-24(31)15(14)2)27(5,32)19-7-6-17-16-13-23-28(34-23)21(30)9-8-20(29)26(28,4)18(16)10-11-25(17,19)3/h8-9,16-19,21-23,30,32H,6-7,10-13H2,1-5H3/t16-,17?,18-,19?,21-,22+,23+,25-,26-,27+,28+/m0/s1. The van der Waals surface area contributed by atoms with E-state index in [1.807, 2.05) is 20.8 Å². The fourth-order valence-electron chi connectivity index (χ4n) is 9.56. The molecule has 2 unspecified atom stereocenters. The van der Waals surface area contributed by atoms with Crippen molar-refractivity contribution in [3.8, 4) is 0 Å². The number of ether oxygens (including phenoxy) is 2. The summed E-state index contributed by atoms with van der Waals surface area (Å²) in [5.74, 6) is 0.651. The molecule has 11 atom stereocenters. The maximum absolute atomic E-state index is 13.3. The first-order valence-electron chi connectivity index (χ1n) is 13.1. The normalized spacial score (nSPS) is 53.3. The van der Waals surface area contributed by atoms with Crippen LogP contribution in [0.15, 0.2) is 23.3 Å². The highest BCUT2D eigenvalue weighted by Crippen LogP contribution is 2.73. The van der Waals surface area contributed by atoms with Gasteiger partial charge in [-0.3, -0.25) is 4.79 Å². The summed E-state index contributed by atoms with van der Waals surface area (Å²) in [7, 11) is 0. The van der Waals surface area contributed by atoms with E-state index in [9.17, 15) is 19.8 Å². The van der Waals surface area contributed by atoms with E-state index in [2.05, 4.69) is 6.92 Å². The number of cyclic esters (lactones) is 1. The van der Waals surface area contributed by atoms with E-state index in [1.165, 1.54) is 0 Å². The van der Waals surface area contributed by atoms with Crippen molar-refractivity contribution in [3.63, 3.8) is 0 Å². The van der Waals surface area contributed by atoms with E-state index >= 15 is 0 Å². The number of allylic oxidation sites excluding steroid dienone is 1. The molecule has 3 saturated carbocycles. The zero-order chi connectivity index (χ0) is 24.4. The van der Waals surface area contributed by atoms with Crippen molar-refractivity contribution >= 4 is 11.8 Å². The third-order valence-corrected chi connectivity index (χ3v) is 11.7. The first kappa shape index (κ1) is 22.9. The van der Waals surface area contributed by atoms with Crippen LogP contribution >= 0.6 is 0 Å². The molecule has 6 rings (SSSR count). The van der Waals surface area contributed by atoms with Crippen molar-refractivity contribution in [2.24, 2.45) is 34.5 Å². The zero-order valence-electron chi connectivity index (χ0n) is 21.0. The Labute approximate surface area is 201 Å². The summed E-state index contributed by atoms with van der Waals surface area (Å²) in [4.78, 5) is 25.7. The minimum absolute atomic E-state index is 0.0158. The molecule has 34 heavy (non-hydrogen) atoms. The number of hydrogen-bond acceptors (Lipinski definition) is 6. The predicted octanol–water partition coefficient (Wildman–Crippen LogP) is 3.50. The van der Waals surface area contributed by atoms with Crippen molar-refractivity contribution in [3.05, 3.63) is 23.3 Å². The lowest BCUT2D eigenvalue weighted by Crippen LogP contribution is -2.64. The Hall–Kier alpha value is -1.50. The van der Waals surface area contributed by atoms with Crippen LogP contribution in [0.5, 0.6) is 0 Å². The Kier molecular flexibility index (Phi) is 4.61. The first-order chi connectivity index (χ1) is 15.9. The smallest absolute Gasteiger partial charge is 0.334 e. The molecule has 0 bridgehead atoms. The van der Waals surface area contributed by atoms with Crippen molar-refractivity contribution in [2.75, 3.05) is 0 Å². The Bertz CT molecular complexity index is 1030. The lowest BCUT2D eigenvalue weighted by Gasteiger charge is -2.59. The van der Waals surface area contributed by atoms with Crippen LogP contribution in [0.3, 0.4) is 0 Å². The maximum atomic E-state index is 13.3. The quantitative estimate of drug-likeness (QED) is 0.474. The minimum atomic E-state index is -1.12. The molecule has 0 amide bonds. The molecule has 4 aliphatic carbocycles. The lowest BCUT2D eigenvalue weighted by molar-refractivity contribution is -0.184. The van der Waals surface area contributed by atoms with E-state index < -0.39 is 28.8 Å². The number of rotatable bonds is 2. The van der Waals surface area contributed by atoms with Crippen molar-refractivity contribution in [1.82, 2.24) is 0 Å². The van der Waals surface area contributed by atoms with Gasteiger partial charge < -0.3 is 19.7 Å². The van der Waals surface area contributed by atoms with E-state index in [1.54, 1.807) is 19.1 Å². The Morgan fingerprint density at radius 2 is 1.85 bits per heavy atom. The van der Waals surface area contributed by atoms with Crippen molar-refractivity contribution < 1.29 is 29.3 Å². The van der Waals surface area contributed by atoms with Gasteiger partial charge in [0.25, 0.3) is 0 Å². The van der Waals surface area contributed by atoms with Crippen LogP contribution in [0, 0.1) is 34.5 Å². The van der Waals surface area contributed by atoms with Crippen LogP contribution in [0.4, 0.5) is 0 Å². The van der Waals surface area contributed by atoms with Gasteiger partial charge in [-0.05, 0) is 101 Å². The summed E-state index contributed by atoms with van der Waals surface area (Å²) in [5.41, 5.74) is -1.02. The molecular weight excluding hydrogens is 432 g/mol. The second kappa shape index (κ2) is 6.83. The molecule has 6 nitrogen and oxygen atoms in total. The highest BCUT2D eigenvalue weighted by atomic mass is 16.6. The van der Waals surface area contributed by atoms with E-state index in [-0.39, 0.29) is 35.1 Å². The van der Waals surface area contributed by atoms with E-state index in [0.717, 1.165) is 37.7 Å². The summed E-state index contributed by atoms with van der Waals surface area (Å²) < 4.78 is 12.0. The molecule has 186 valence electrons.